The van der Waals surface area contributed by atoms with E-state index in [9.17, 15) is 4.79 Å². The van der Waals surface area contributed by atoms with Crippen LogP contribution >= 0.6 is 15.9 Å². The fourth-order valence-corrected chi connectivity index (χ4v) is 3.02. The molecule has 1 aliphatic heterocycles. The van der Waals surface area contributed by atoms with Crippen molar-refractivity contribution >= 4 is 22.1 Å². The Balaban J connectivity index is 1.87. The molecular formula is C15H12BrN5O3. The lowest BCUT2D eigenvalue weighted by atomic mass is 10.1. The number of fused-ring (bicyclic) bond motifs is 5. The molecule has 0 fully saturated rings. The first-order chi connectivity index (χ1) is 11.7. The lowest BCUT2D eigenvalue weighted by Crippen LogP contribution is -2.12. The molecule has 8 nitrogen and oxygen atoms in total. The van der Waals surface area contributed by atoms with Crippen molar-refractivity contribution in [2.75, 3.05) is 6.61 Å². The minimum Gasteiger partial charge on any atom is -0.434 e. The van der Waals surface area contributed by atoms with Gasteiger partial charge in [0.15, 0.2) is 5.82 Å². The van der Waals surface area contributed by atoms with Crippen LogP contribution in [0.3, 0.4) is 0 Å². The third kappa shape index (κ3) is 2.37. The normalized spacial score (nSPS) is 11.9. The van der Waals surface area contributed by atoms with Crippen LogP contribution in [-0.4, -0.2) is 37.1 Å². The van der Waals surface area contributed by atoms with Gasteiger partial charge < -0.3 is 14.0 Å². The highest BCUT2D eigenvalue weighted by Crippen LogP contribution is 2.34. The fraction of sp³-hybridized carbons (Fsp3) is 0.200. The van der Waals surface area contributed by atoms with Crippen LogP contribution in [0.5, 0.6) is 5.88 Å². The lowest BCUT2D eigenvalue weighted by molar-refractivity contribution is 0.102. The summed E-state index contributed by atoms with van der Waals surface area (Å²) in [6.07, 6.45) is 2.48. The molecule has 0 saturated carbocycles. The summed E-state index contributed by atoms with van der Waals surface area (Å²) in [7, 11) is 0. The summed E-state index contributed by atoms with van der Waals surface area (Å²) < 4.78 is 14.7. The number of hydrogen-bond acceptors (Lipinski definition) is 6. The summed E-state index contributed by atoms with van der Waals surface area (Å²) in [6.45, 7) is 2.37. The smallest absolute Gasteiger partial charge is 0.434 e. The van der Waals surface area contributed by atoms with E-state index in [4.69, 9.17) is 9.47 Å². The molecule has 0 aliphatic carbocycles. The molecule has 2 aromatic heterocycles. The van der Waals surface area contributed by atoms with E-state index < -0.39 is 6.16 Å². The van der Waals surface area contributed by atoms with Gasteiger partial charge in [-0.3, -0.25) is 4.57 Å². The quantitative estimate of drug-likeness (QED) is 0.490. The Morgan fingerprint density at radius 3 is 3.08 bits per heavy atom. The molecule has 0 radical (unpaired) electrons. The monoisotopic (exact) mass is 389 g/mol. The van der Waals surface area contributed by atoms with Crippen LogP contribution in [0.2, 0.25) is 0 Å². The van der Waals surface area contributed by atoms with Crippen molar-refractivity contribution in [2.24, 2.45) is 0 Å². The Bertz CT molecular complexity index is 933. The first-order valence-electron chi connectivity index (χ1n) is 7.26. The molecule has 4 rings (SSSR count). The molecular weight excluding hydrogens is 378 g/mol. The number of rotatable bonds is 2. The van der Waals surface area contributed by atoms with Gasteiger partial charge in [0.1, 0.15) is 18.3 Å². The van der Waals surface area contributed by atoms with E-state index in [2.05, 4.69) is 31.1 Å². The van der Waals surface area contributed by atoms with Crippen LogP contribution in [0.1, 0.15) is 12.6 Å². The van der Waals surface area contributed by atoms with Gasteiger partial charge in [0.25, 0.3) is 0 Å². The Hall–Kier alpha value is -2.68. The number of aromatic nitrogens is 5. The molecule has 0 saturated heterocycles. The number of ether oxygens (including phenoxy) is 2. The van der Waals surface area contributed by atoms with Gasteiger partial charge in [-0.15, -0.1) is 10.2 Å². The van der Waals surface area contributed by atoms with E-state index in [0.717, 1.165) is 21.5 Å². The zero-order valence-corrected chi connectivity index (χ0v) is 14.2. The second kappa shape index (κ2) is 5.75. The van der Waals surface area contributed by atoms with E-state index in [1.807, 2.05) is 27.3 Å². The molecule has 0 atom stereocenters. The van der Waals surface area contributed by atoms with Crippen molar-refractivity contribution in [3.63, 3.8) is 0 Å². The third-order valence-electron chi connectivity index (χ3n) is 3.67. The van der Waals surface area contributed by atoms with E-state index in [1.165, 1.54) is 0 Å². The highest BCUT2D eigenvalue weighted by molar-refractivity contribution is 9.10. The van der Waals surface area contributed by atoms with Gasteiger partial charge in [0.05, 0.1) is 18.8 Å². The molecule has 3 aromatic rings. The SMILES string of the molecule is CCOC(=O)Oc1ncn2c1Cn1cnnc1-c1cc(Br)ccc1-2. The Morgan fingerprint density at radius 2 is 2.25 bits per heavy atom. The summed E-state index contributed by atoms with van der Waals surface area (Å²) in [4.78, 5) is 15.9. The molecule has 9 heteroatoms. The molecule has 24 heavy (non-hydrogen) atoms. The summed E-state index contributed by atoms with van der Waals surface area (Å²) >= 11 is 3.48. The zero-order valence-electron chi connectivity index (χ0n) is 12.6. The lowest BCUT2D eigenvalue weighted by Gasteiger charge is -2.09. The maximum Gasteiger partial charge on any atom is 0.515 e. The van der Waals surface area contributed by atoms with Crippen LogP contribution in [0.15, 0.2) is 35.3 Å². The Morgan fingerprint density at radius 1 is 1.38 bits per heavy atom. The zero-order chi connectivity index (χ0) is 16.7. The number of nitrogens with zero attached hydrogens (tertiary/aromatic N) is 5. The number of benzene rings is 1. The van der Waals surface area contributed by atoms with E-state index in [1.54, 1.807) is 19.6 Å². The van der Waals surface area contributed by atoms with Crippen molar-refractivity contribution in [1.82, 2.24) is 24.3 Å². The van der Waals surface area contributed by atoms with Crippen LogP contribution in [0, 0.1) is 0 Å². The average molecular weight is 390 g/mol. The Labute approximate surface area is 145 Å². The maximum atomic E-state index is 11.6. The van der Waals surface area contributed by atoms with Gasteiger partial charge >= 0.3 is 6.16 Å². The first kappa shape index (κ1) is 14.9. The molecule has 0 spiro atoms. The topological polar surface area (TPSA) is 84.1 Å². The molecule has 0 N–H and O–H groups in total. The standard InChI is InChI=1S/C15H12BrN5O3/c1-2-23-15(22)24-14-12-6-20-8-18-19-13(20)10-5-9(16)3-4-11(10)21(12)7-17-14/h3-5,7-8H,2,6H2,1H3. The predicted molar refractivity (Wildman–Crippen MR) is 87.0 cm³/mol. The maximum absolute atomic E-state index is 11.6. The van der Waals surface area contributed by atoms with Crippen molar-refractivity contribution < 1.29 is 14.3 Å². The van der Waals surface area contributed by atoms with E-state index in [0.29, 0.717) is 12.2 Å². The number of halogens is 1. The van der Waals surface area contributed by atoms with Crippen LogP contribution in [0.25, 0.3) is 17.1 Å². The third-order valence-corrected chi connectivity index (χ3v) is 4.16. The van der Waals surface area contributed by atoms with Crippen LogP contribution in [-0.2, 0) is 11.3 Å². The van der Waals surface area contributed by atoms with Gasteiger partial charge in [0, 0.05) is 10.0 Å². The Kier molecular flexibility index (Phi) is 3.57. The van der Waals surface area contributed by atoms with Crippen LogP contribution in [0.4, 0.5) is 4.79 Å². The summed E-state index contributed by atoms with van der Waals surface area (Å²) in [5, 5.41) is 8.19. The van der Waals surface area contributed by atoms with E-state index >= 15 is 0 Å². The minimum absolute atomic E-state index is 0.212. The van der Waals surface area contributed by atoms with Gasteiger partial charge in [0.2, 0.25) is 5.88 Å². The number of imidazole rings is 1. The molecule has 122 valence electrons. The highest BCUT2D eigenvalue weighted by atomic mass is 79.9. The molecule has 0 unspecified atom stereocenters. The molecule has 3 heterocycles. The number of carbonyl (C=O) groups is 1. The second-order valence-corrected chi connectivity index (χ2v) is 6.01. The fourth-order valence-electron chi connectivity index (χ4n) is 2.66. The van der Waals surface area contributed by atoms with Crippen molar-refractivity contribution in [2.45, 2.75) is 13.5 Å². The molecule has 0 amide bonds. The number of hydrogen-bond donors (Lipinski definition) is 0. The van der Waals surface area contributed by atoms with E-state index in [-0.39, 0.29) is 12.5 Å². The van der Waals surface area contributed by atoms with Crippen molar-refractivity contribution in [3.05, 3.63) is 41.0 Å². The molecule has 0 bridgehead atoms. The largest absolute Gasteiger partial charge is 0.515 e. The molecule has 1 aromatic carbocycles. The van der Waals surface area contributed by atoms with Crippen molar-refractivity contribution in [1.29, 1.82) is 0 Å². The van der Waals surface area contributed by atoms with Crippen molar-refractivity contribution in [3.8, 4) is 23.0 Å². The first-order valence-corrected chi connectivity index (χ1v) is 8.05. The highest BCUT2D eigenvalue weighted by Gasteiger charge is 2.25. The minimum atomic E-state index is -0.775. The summed E-state index contributed by atoms with van der Waals surface area (Å²) in [5.74, 6) is 0.945. The average Bonchev–Trinajstić information content (AvgIpc) is 3.14. The van der Waals surface area contributed by atoms with Gasteiger partial charge in [-0.1, -0.05) is 15.9 Å². The van der Waals surface area contributed by atoms with Crippen LogP contribution < -0.4 is 4.74 Å². The van der Waals surface area contributed by atoms with Gasteiger partial charge in [-0.05, 0) is 25.1 Å². The second-order valence-electron chi connectivity index (χ2n) is 5.10. The predicted octanol–water partition coefficient (Wildman–Crippen LogP) is 2.79. The van der Waals surface area contributed by atoms with Gasteiger partial charge in [-0.2, -0.15) is 0 Å². The van der Waals surface area contributed by atoms with Gasteiger partial charge in [-0.25, -0.2) is 9.78 Å². The number of carbonyl (C=O) groups excluding carboxylic acids is 1. The molecule has 1 aliphatic rings. The summed E-state index contributed by atoms with van der Waals surface area (Å²) in [6, 6.07) is 5.85. The summed E-state index contributed by atoms with van der Waals surface area (Å²) in [5.41, 5.74) is 2.50.